The van der Waals surface area contributed by atoms with Gasteiger partial charge >= 0.3 is 6.36 Å². The maximum atomic E-state index is 12.2. The van der Waals surface area contributed by atoms with Crippen LogP contribution >= 0.6 is 0 Å². The first kappa shape index (κ1) is 14.0. The minimum absolute atomic E-state index is 0.0564. The average molecular weight is 274 g/mol. The molecule has 6 heteroatoms. The third-order valence-corrected chi connectivity index (χ3v) is 2.99. The summed E-state index contributed by atoms with van der Waals surface area (Å²) in [7, 11) is 0. The molecule has 1 heterocycles. The zero-order valence-corrected chi connectivity index (χ0v) is 10.9. The minimum Gasteiger partial charge on any atom is -0.406 e. The number of halogens is 3. The fraction of sp³-hybridized carbons (Fsp3) is 0.538. The van der Waals surface area contributed by atoms with E-state index in [-0.39, 0.29) is 11.3 Å². The van der Waals surface area contributed by atoms with Gasteiger partial charge in [-0.15, -0.1) is 13.2 Å². The van der Waals surface area contributed by atoms with E-state index < -0.39 is 6.36 Å². The summed E-state index contributed by atoms with van der Waals surface area (Å²) in [6.07, 6.45) is -4.65. The van der Waals surface area contributed by atoms with E-state index >= 15 is 0 Å². The van der Waals surface area contributed by atoms with Crippen molar-refractivity contribution in [3.05, 3.63) is 24.3 Å². The summed E-state index contributed by atoms with van der Waals surface area (Å²) in [5.41, 5.74) is 0.690. The van der Waals surface area contributed by atoms with E-state index in [1.54, 1.807) is 12.1 Å². The van der Waals surface area contributed by atoms with Crippen LogP contribution in [0.5, 0.6) is 5.75 Å². The van der Waals surface area contributed by atoms with Crippen molar-refractivity contribution in [1.29, 1.82) is 0 Å². The second-order valence-corrected chi connectivity index (χ2v) is 5.28. The molecule has 0 amide bonds. The molecule has 1 N–H and O–H groups in total. The molecule has 1 aliphatic heterocycles. The van der Waals surface area contributed by atoms with Crippen LogP contribution in [0.4, 0.5) is 18.9 Å². The first-order valence-corrected chi connectivity index (χ1v) is 6.11. The van der Waals surface area contributed by atoms with Crippen LogP contribution in [-0.2, 0) is 0 Å². The van der Waals surface area contributed by atoms with Crippen LogP contribution < -0.4 is 15.0 Å². The van der Waals surface area contributed by atoms with E-state index in [9.17, 15) is 13.2 Å². The van der Waals surface area contributed by atoms with Crippen molar-refractivity contribution in [3.63, 3.8) is 0 Å². The van der Waals surface area contributed by atoms with E-state index in [0.29, 0.717) is 0 Å². The van der Waals surface area contributed by atoms with Gasteiger partial charge in [0.2, 0.25) is 0 Å². The van der Waals surface area contributed by atoms with Crippen LogP contribution in [0, 0.1) is 0 Å². The Balaban J connectivity index is 2.14. The second kappa shape index (κ2) is 4.92. The molecular weight excluding hydrogens is 257 g/mol. The van der Waals surface area contributed by atoms with Gasteiger partial charge in [-0.3, -0.25) is 0 Å². The van der Waals surface area contributed by atoms with E-state index in [1.807, 2.05) is 0 Å². The molecule has 1 aliphatic rings. The largest absolute Gasteiger partial charge is 0.573 e. The Morgan fingerprint density at radius 1 is 1.32 bits per heavy atom. The number of hydrogen-bond acceptors (Lipinski definition) is 3. The molecule has 1 aromatic rings. The molecule has 0 radical (unpaired) electrons. The van der Waals surface area contributed by atoms with Crippen molar-refractivity contribution >= 4 is 5.69 Å². The zero-order chi connectivity index (χ0) is 14.1. The number of anilines is 1. The monoisotopic (exact) mass is 274 g/mol. The van der Waals surface area contributed by atoms with Crippen LogP contribution in [0.3, 0.4) is 0 Å². The summed E-state index contributed by atoms with van der Waals surface area (Å²) in [5.74, 6) is -0.179. The zero-order valence-electron chi connectivity index (χ0n) is 10.9. The topological polar surface area (TPSA) is 24.5 Å². The lowest BCUT2D eigenvalue weighted by Crippen LogP contribution is -2.57. The number of piperazine rings is 1. The molecule has 106 valence electrons. The highest BCUT2D eigenvalue weighted by Gasteiger charge is 2.31. The quantitative estimate of drug-likeness (QED) is 0.897. The molecule has 1 fully saturated rings. The number of alkyl halides is 3. The summed E-state index contributed by atoms with van der Waals surface area (Å²) < 4.78 is 40.5. The Morgan fingerprint density at radius 2 is 2.05 bits per heavy atom. The van der Waals surface area contributed by atoms with Crippen LogP contribution in [0.15, 0.2) is 24.3 Å². The lowest BCUT2D eigenvalue weighted by Gasteiger charge is -2.40. The predicted octanol–water partition coefficient (Wildman–Crippen LogP) is 2.77. The predicted molar refractivity (Wildman–Crippen MR) is 67.4 cm³/mol. The number of benzene rings is 1. The van der Waals surface area contributed by atoms with Gasteiger partial charge in [0.05, 0.1) is 0 Å². The molecule has 1 saturated heterocycles. The molecule has 1 aromatic carbocycles. The molecule has 3 nitrogen and oxygen atoms in total. The van der Waals surface area contributed by atoms with Gasteiger partial charge in [-0.25, -0.2) is 0 Å². The summed E-state index contributed by atoms with van der Waals surface area (Å²) in [6.45, 7) is 6.43. The van der Waals surface area contributed by atoms with Crippen molar-refractivity contribution in [2.45, 2.75) is 25.7 Å². The van der Waals surface area contributed by atoms with Gasteiger partial charge in [0.1, 0.15) is 5.75 Å². The lowest BCUT2D eigenvalue weighted by atomic mass is 10.0. The van der Waals surface area contributed by atoms with Crippen molar-refractivity contribution in [1.82, 2.24) is 5.32 Å². The third kappa shape index (κ3) is 4.02. The highest BCUT2D eigenvalue weighted by molar-refractivity contribution is 5.51. The minimum atomic E-state index is -4.65. The van der Waals surface area contributed by atoms with Gasteiger partial charge in [-0.2, -0.15) is 0 Å². The van der Waals surface area contributed by atoms with Crippen molar-refractivity contribution in [2.75, 3.05) is 24.5 Å². The summed E-state index contributed by atoms with van der Waals surface area (Å²) >= 11 is 0. The number of nitrogens with zero attached hydrogens (tertiary/aromatic N) is 1. The molecular formula is C13H17F3N2O. The highest BCUT2D eigenvalue weighted by atomic mass is 19.4. The molecule has 0 saturated carbocycles. The molecule has 0 atom stereocenters. The van der Waals surface area contributed by atoms with Gasteiger partial charge in [0.25, 0.3) is 0 Å². The number of ether oxygens (including phenoxy) is 1. The normalized spacial score (nSPS) is 19.3. The van der Waals surface area contributed by atoms with Crippen LogP contribution in [0.1, 0.15) is 13.8 Å². The summed E-state index contributed by atoms with van der Waals surface area (Å²) in [4.78, 5) is 2.06. The molecule has 0 aliphatic carbocycles. The number of rotatable bonds is 2. The molecule has 19 heavy (non-hydrogen) atoms. The molecule has 0 aromatic heterocycles. The number of nitrogens with one attached hydrogen (secondary N) is 1. The third-order valence-electron chi connectivity index (χ3n) is 2.99. The van der Waals surface area contributed by atoms with Crippen molar-refractivity contribution < 1.29 is 17.9 Å². The fourth-order valence-electron chi connectivity index (χ4n) is 2.24. The summed E-state index contributed by atoms with van der Waals surface area (Å²) in [5, 5.41) is 3.36. The van der Waals surface area contributed by atoms with E-state index in [2.05, 4.69) is 28.8 Å². The second-order valence-electron chi connectivity index (χ2n) is 5.28. The Labute approximate surface area is 110 Å². The Bertz CT molecular complexity index is 446. The molecule has 0 bridgehead atoms. The smallest absolute Gasteiger partial charge is 0.406 e. The van der Waals surface area contributed by atoms with E-state index in [4.69, 9.17) is 0 Å². The van der Waals surface area contributed by atoms with Gasteiger partial charge < -0.3 is 15.0 Å². The summed E-state index contributed by atoms with van der Waals surface area (Å²) in [6, 6.07) is 6.11. The standard InChI is InChI=1S/C13H17F3N2O/c1-12(2)9-18(7-6-17-12)10-4-3-5-11(8-10)19-13(14,15)16/h3-5,8,17H,6-7,9H2,1-2H3. The van der Waals surface area contributed by atoms with Crippen LogP contribution in [0.2, 0.25) is 0 Å². The molecule has 0 unspecified atom stereocenters. The molecule has 0 spiro atoms. The van der Waals surface area contributed by atoms with Gasteiger partial charge in [0, 0.05) is 36.9 Å². The highest BCUT2D eigenvalue weighted by Crippen LogP contribution is 2.28. The van der Waals surface area contributed by atoms with Crippen molar-refractivity contribution in [3.8, 4) is 5.75 Å². The number of hydrogen-bond donors (Lipinski definition) is 1. The molecule has 2 rings (SSSR count). The van der Waals surface area contributed by atoms with Crippen molar-refractivity contribution in [2.24, 2.45) is 0 Å². The first-order valence-electron chi connectivity index (χ1n) is 6.11. The van der Waals surface area contributed by atoms with Gasteiger partial charge in [-0.05, 0) is 26.0 Å². The maximum absolute atomic E-state index is 12.2. The average Bonchev–Trinajstić information content (AvgIpc) is 2.25. The Morgan fingerprint density at radius 3 is 2.68 bits per heavy atom. The van der Waals surface area contributed by atoms with Crippen LogP contribution in [-0.4, -0.2) is 31.5 Å². The van der Waals surface area contributed by atoms with E-state index in [1.165, 1.54) is 12.1 Å². The van der Waals surface area contributed by atoms with E-state index in [0.717, 1.165) is 25.3 Å². The van der Waals surface area contributed by atoms with Crippen LogP contribution in [0.25, 0.3) is 0 Å². The first-order chi connectivity index (χ1) is 8.75. The van der Waals surface area contributed by atoms with Gasteiger partial charge in [-0.1, -0.05) is 6.07 Å². The fourth-order valence-corrected chi connectivity index (χ4v) is 2.24. The Kier molecular flexibility index (Phi) is 3.62. The lowest BCUT2D eigenvalue weighted by molar-refractivity contribution is -0.274. The SMILES string of the molecule is CC1(C)CN(c2cccc(OC(F)(F)F)c2)CCN1. The maximum Gasteiger partial charge on any atom is 0.573 e. The Hall–Kier alpha value is -1.43. The van der Waals surface area contributed by atoms with Gasteiger partial charge in [0.15, 0.2) is 0 Å².